The van der Waals surface area contributed by atoms with E-state index < -0.39 is 0 Å². The molecule has 4 nitrogen and oxygen atoms in total. The SMILES string of the molecule is NC1CCC(C(=O)NCC2CCN(c3ccccc3)C2)C1. The first-order valence-electron chi connectivity index (χ1n) is 8.05. The van der Waals surface area contributed by atoms with Gasteiger partial charge in [-0.05, 0) is 43.7 Å². The number of nitrogens with two attached hydrogens (primary N) is 1. The van der Waals surface area contributed by atoms with Gasteiger partial charge in [0.25, 0.3) is 0 Å². The van der Waals surface area contributed by atoms with Crippen molar-refractivity contribution in [3.8, 4) is 0 Å². The number of para-hydroxylation sites is 1. The molecule has 1 heterocycles. The lowest BCUT2D eigenvalue weighted by molar-refractivity contribution is -0.125. The van der Waals surface area contributed by atoms with Crippen LogP contribution in [0.4, 0.5) is 5.69 Å². The van der Waals surface area contributed by atoms with Gasteiger partial charge in [-0.1, -0.05) is 18.2 Å². The maximum absolute atomic E-state index is 12.1. The summed E-state index contributed by atoms with van der Waals surface area (Å²) in [6.07, 6.45) is 3.95. The number of amides is 1. The van der Waals surface area contributed by atoms with Crippen LogP contribution in [0.3, 0.4) is 0 Å². The Kier molecular flexibility index (Phi) is 4.44. The zero-order valence-corrected chi connectivity index (χ0v) is 12.5. The summed E-state index contributed by atoms with van der Waals surface area (Å²) in [5.41, 5.74) is 7.16. The van der Waals surface area contributed by atoms with E-state index in [-0.39, 0.29) is 17.9 Å². The Hall–Kier alpha value is -1.55. The molecule has 2 fully saturated rings. The van der Waals surface area contributed by atoms with Gasteiger partial charge in [0.1, 0.15) is 0 Å². The van der Waals surface area contributed by atoms with Crippen LogP contribution in [0.1, 0.15) is 25.7 Å². The fraction of sp³-hybridized carbons (Fsp3) is 0.588. The third kappa shape index (κ3) is 3.56. The molecule has 0 spiro atoms. The zero-order valence-electron chi connectivity index (χ0n) is 12.5. The summed E-state index contributed by atoms with van der Waals surface area (Å²) in [7, 11) is 0. The van der Waals surface area contributed by atoms with Gasteiger partial charge >= 0.3 is 0 Å². The first-order chi connectivity index (χ1) is 10.2. The largest absolute Gasteiger partial charge is 0.371 e. The lowest BCUT2D eigenvalue weighted by Gasteiger charge is -2.19. The Morgan fingerprint density at radius 3 is 2.76 bits per heavy atom. The molecule has 1 aliphatic heterocycles. The van der Waals surface area contributed by atoms with Crippen LogP contribution in [-0.4, -0.2) is 31.6 Å². The Labute approximate surface area is 126 Å². The van der Waals surface area contributed by atoms with Crippen LogP contribution in [0.25, 0.3) is 0 Å². The molecule has 1 saturated carbocycles. The summed E-state index contributed by atoms with van der Waals surface area (Å²) < 4.78 is 0. The van der Waals surface area contributed by atoms with E-state index in [1.807, 2.05) is 6.07 Å². The summed E-state index contributed by atoms with van der Waals surface area (Å²) in [5.74, 6) is 0.914. The summed E-state index contributed by atoms with van der Waals surface area (Å²) in [4.78, 5) is 14.5. The van der Waals surface area contributed by atoms with Crippen LogP contribution in [0, 0.1) is 11.8 Å². The topological polar surface area (TPSA) is 58.4 Å². The number of benzene rings is 1. The van der Waals surface area contributed by atoms with Crippen molar-refractivity contribution in [3.63, 3.8) is 0 Å². The van der Waals surface area contributed by atoms with Crippen molar-refractivity contribution < 1.29 is 4.79 Å². The Balaban J connectivity index is 1.44. The maximum atomic E-state index is 12.1. The Morgan fingerprint density at radius 1 is 1.24 bits per heavy atom. The molecule has 114 valence electrons. The van der Waals surface area contributed by atoms with E-state index >= 15 is 0 Å². The van der Waals surface area contributed by atoms with Crippen LogP contribution < -0.4 is 16.0 Å². The summed E-state index contributed by atoms with van der Waals surface area (Å²) >= 11 is 0. The molecule has 0 radical (unpaired) electrons. The molecule has 3 unspecified atom stereocenters. The van der Waals surface area contributed by atoms with Crippen molar-refractivity contribution >= 4 is 11.6 Å². The molecule has 21 heavy (non-hydrogen) atoms. The highest BCUT2D eigenvalue weighted by Gasteiger charge is 2.29. The molecule has 1 aliphatic carbocycles. The third-order valence-electron chi connectivity index (χ3n) is 4.82. The van der Waals surface area contributed by atoms with Crippen molar-refractivity contribution in [1.29, 1.82) is 0 Å². The molecular weight excluding hydrogens is 262 g/mol. The number of hydrogen-bond acceptors (Lipinski definition) is 3. The van der Waals surface area contributed by atoms with E-state index in [9.17, 15) is 4.79 Å². The van der Waals surface area contributed by atoms with Gasteiger partial charge < -0.3 is 16.0 Å². The first kappa shape index (κ1) is 14.4. The van der Waals surface area contributed by atoms with Gasteiger partial charge in [0.05, 0.1) is 0 Å². The van der Waals surface area contributed by atoms with E-state index in [0.717, 1.165) is 45.3 Å². The molecule has 1 aromatic rings. The van der Waals surface area contributed by atoms with E-state index in [0.29, 0.717) is 5.92 Å². The summed E-state index contributed by atoms with van der Waals surface area (Å²) in [6, 6.07) is 10.7. The van der Waals surface area contributed by atoms with E-state index in [1.54, 1.807) is 0 Å². The van der Waals surface area contributed by atoms with Crippen LogP contribution in [0.5, 0.6) is 0 Å². The normalized spacial score (nSPS) is 28.8. The average molecular weight is 287 g/mol. The van der Waals surface area contributed by atoms with Crippen LogP contribution >= 0.6 is 0 Å². The fourth-order valence-corrected chi connectivity index (χ4v) is 3.52. The van der Waals surface area contributed by atoms with E-state index in [1.165, 1.54) is 5.69 Å². The number of nitrogens with zero attached hydrogens (tertiary/aromatic N) is 1. The number of nitrogens with one attached hydrogen (secondary N) is 1. The highest BCUT2D eigenvalue weighted by Crippen LogP contribution is 2.25. The summed E-state index contributed by atoms with van der Waals surface area (Å²) in [5, 5.41) is 3.14. The molecule has 0 aromatic heterocycles. The second-order valence-electron chi connectivity index (χ2n) is 6.45. The fourth-order valence-electron chi connectivity index (χ4n) is 3.52. The average Bonchev–Trinajstić information content (AvgIpc) is 3.15. The van der Waals surface area contributed by atoms with Gasteiger partial charge in [0.2, 0.25) is 5.91 Å². The predicted octanol–water partition coefficient (Wildman–Crippen LogP) is 1.76. The molecule has 3 atom stereocenters. The number of carbonyl (C=O) groups is 1. The van der Waals surface area contributed by atoms with Crippen molar-refractivity contribution in [3.05, 3.63) is 30.3 Å². The number of carbonyl (C=O) groups excluding carboxylic acids is 1. The van der Waals surface area contributed by atoms with Crippen LogP contribution in [0.15, 0.2) is 30.3 Å². The highest BCUT2D eigenvalue weighted by atomic mass is 16.1. The van der Waals surface area contributed by atoms with Gasteiger partial charge in [-0.2, -0.15) is 0 Å². The molecular formula is C17H25N3O. The zero-order chi connectivity index (χ0) is 14.7. The van der Waals surface area contributed by atoms with E-state index in [4.69, 9.17) is 5.73 Å². The van der Waals surface area contributed by atoms with Gasteiger partial charge in [-0.15, -0.1) is 0 Å². The summed E-state index contributed by atoms with van der Waals surface area (Å²) in [6.45, 7) is 2.92. The quantitative estimate of drug-likeness (QED) is 0.887. The van der Waals surface area contributed by atoms with Crippen molar-refractivity contribution in [2.75, 3.05) is 24.5 Å². The van der Waals surface area contributed by atoms with Gasteiger partial charge in [0.15, 0.2) is 0 Å². The van der Waals surface area contributed by atoms with Crippen molar-refractivity contribution in [2.45, 2.75) is 31.7 Å². The van der Waals surface area contributed by atoms with Gasteiger partial charge in [0, 0.05) is 37.3 Å². The molecule has 1 aromatic carbocycles. The predicted molar refractivity (Wildman–Crippen MR) is 85.1 cm³/mol. The van der Waals surface area contributed by atoms with Crippen molar-refractivity contribution in [2.24, 2.45) is 17.6 Å². The first-order valence-corrected chi connectivity index (χ1v) is 8.05. The van der Waals surface area contributed by atoms with Crippen LogP contribution in [-0.2, 0) is 4.79 Å². The number of rotatable bonds is 4. The maximum Gasteiger partial charge on any atom is 0.223 e. The molecule has 0 bridgehead atoms. The second kappa shape index (κ2) is 6.48. The van der Waals surface area contributed by atoms with Crippen LogP contribution in [0.2, 0.25) is 0 Å². The lowest BCUT2D eigenvalue weighted by Crippen LogP contribution is -2.35. The minimum atomic E-state index is 0.145. The minimum absolute atomic E-state index is 0.145. The van der Waals surface area contributed by atoms with E-state index in [2.05, 4.69) is 34.5 Å². The second-order valence-corrected chi connectivity index (χ2v) is 6.45. The number of hydrogen-bond donors (Lipinski definition) is 2. The molecule has 2 aliphatic rings. The molecule has 3 rings (SSSR count). The van der Waals surface area contributed by atoms with Gasteiger partial charge in [-0.3, -0.25) is 4.79 Å². The standard InChI is InChI=1S/C17H25N3O/c18-15-7-6-14(10-15)17(21)19-11-13-8-9-20(12-13)16-4-2-1-3-5-16/h1-5,13-15H,6-12,18H2,(H,19,21). The lowest BCUT2D eigenvalue weighted by atomic mass is 10.1. The Bertz CT molecular complexity index is 476. The molecule has 4 heteroatoms. The van der Waals surface area contributed by atoms with Gasteiger partial charge in [-0.25, -0.2) is 0 Å². The van der Waals surface area contributed by atoms with Crippen molar-refractivity contribution in [1.82, 2.24) is 5.32 Å². The highest BCUT2D eigenvalue weighted by molar-refractivity contribution is 5.79. The smallest absolute Gasteiger partial charge is 0.223 e. The number of anilines is 1. The minimum Gasteiger partial charge on any atom is -0.371 e. The molecule has 1 amide bonds. The Morgan fingerprint density at radius 2 is 2.05 bits per heavy atom. The molecule has 3 N–H and O–H groups in total. The third-order valence-corrected chi connectivity index (χ3v) is 4.82. The monoisotopic (exact) mass is 287 g/mol. The molecule has 1 saturated heterocycles.